The molecule has 0 unspecified atom stereocenters. The van der Waals surface area contributed by atoms with Gasteiger partial charge in [-0.15, -0.1) is 0 Å². The minimum Gasteiger partial charge on any atom is -0.497 e. The van der Waals surface area contributed by atoms with Crippen molar-refractivity contribution >= 4 is 40.2 Å². The van der Waals surface area contributed by atoms with Crippen LogP contribution in [0.5, 0.6) is 5.75 Å². The summed E-state index contributed by atoms with van der Waals surface area (Å²) in [5.74, 6) is 1.17. The van der Waals surface area contributed by atoms with Crippen LogP contribution in [-0.4, -0.2) is 27.6 Å². The second-order valence-corrected chi connectivity index (χ2v) is 17.4. The molecule has 1 aromatic rings. The van der Waals surface area contributed by atoms with E-state index in [0.717, 1.165) is 40.4 Å². The topological polar surface area (TPSA) is 27.7 Å². The predicted octanol–water partition coefficient (Wildman–Crippen LogP) is 8.82. The Bertz CT molecular complexity index is 664. The van der Waals surface area contributed by atoms with Crippen LogP contribution in [0.4, 0.5) is 0 Å². The first-order valence-corrected chi connectivity index (χ1v) is 15.8. The number of methoxy groups -OCH3 is 1. The summed E-state index contributed by atoms with van der Waals surface area (Å²) in [5.41, 5.74) is 1.16. The van der Waals surface area contributed by atoms with Gasteiger partial charge in [0, 0.05) is 12.0 Å². The summed E-state index contributed by atoms with van der Waals surface area (Å²) >= 11 is 7.00. The summed E-state index contributed by atoms with van der Waals surface area (Å²) < 4.78 is 19.3. The van der Waals surface area contributed by atoms with E-state index in [1.165, 1.54) is 0 Å². The Hall–Kier alpha value is -0.143. The monoisotopic (exact) mass is 576 g/mol. The van der Waals surface area contributed by atoms with Crippen LogP contribution in [0.1, 0.15) is 65.9 Å². The molecule has 0 saturated carbocycles. The summed E-state index contributed by atoms with van der Waals surface area (Å²) in [7, 11) is -0.0538. The maximum Gasteiger partial charge on any atom is 0.192 e. The molecule has 6 heteroatoms. The molecule has 178 valence electrons. The van der Waals surface area contributed by atoms with Gasteiger partial charge in [0.1, 0.15) is 5.75 Å². The molecule has 0 aliphatic carbocycles. The molecule has 3 nitrogen and oxygen atoms in total. The van der Waals surface area contributed by atoms with Gasteiger partial charge < -0.3 is 13.9 Å². The first-order valence-electron chi connectivity index (χ1n) is 11.3. The molecule has 31 heavy (non-hydrogen) atoms. The number of ether oxygens (including phenoxy) is 2. The normalized spacial score (nSPS) is 15.3. The van der Waals surface area contributed by atoms with Crippen LogP contribution < -0.4 is 4.74 Å². The third kappa shape index (κ3) is 10.6. The predicted molar refractivity (Wildman–Crippen MR) is 143 cm³/mol. The van der Waals surface area contributed by atoms with Crippen molar-refractivity contribution in [3.05, 3.63) is 39.3 Å². The van der Waals surface area contributed by atoms with Crippen LogP contribution in [0.15, 0.2) is 33.7 Å². The Morgan fingerprint density at radius 1 is 1.10 bits per heavy atom. The van der Waals surface area contributed by atoms with E-state index in [1.807, 2.05) is 12.1 Å². The Morgan fingerprint density at radius 2 is 1.71 bits per heavy atom. The Balaban J connectivity index is 2.70. The summed E-state index contributed by atoms with van der Waals surface area (Å²) in [4.78, 5) is 0. The molecule has 0 saturated heterocycles. The van der Waals surface area contributed by atoms with Crippen LogP contribution in [-0.2, 0) is 15.8 Å². The van der Waals surface area contributed by atoms with E-state index in [9.17, 15) is 0 Å². The van der Waals surface area contributed by atoms with Gasteiger partial charge in [0.25, 0.3) is 0 Å². The van der Waals surface area contributed by atoms with Crippen LogP contribution >= 0.6 is 31.9 Å². The lowest BCUT2D eigenvalue weighted by molar-refractivity contribution is 0.00898. The van der Waals surface area contributed by atoms with Crippen molar-refractivity contribution in [2.75, 3.05) is 7.11 Å². The summed E-state index contributed by atoms with van der Waals surface area (Å²) in [6.45, 7) is 16.7. The molecule has 0 heterocycles. The van der Waals surface area contributed by atoms with Crippen molar-refractivity contribution in [3.8, 4) is 5.75 Å². The highest BCUT2D eigenvalue weighted by molar-refractivity contribution is 9.28. The van der Waals surface area contributed by atoms with E-state index < -0.39 is 8.32 Å². The summed E-state index contributed by atoms with van der Waals surface area (Å²) in [5, 5.41) is 0.242. The van der Waals surface area contributed by atoms with Crippen LogP contribution in [0.2, 0.25) is 18.1 Å². The molecule has 1 rings (SSSR count). The minimum atomic E-state index is -1.74. The van der Waals surface area contributed by atoms with Crippen molar-refractivity contribution in [3.63, 3.8) is 0 Å². The van der Waals surface area contributed by atoms with Gasteiger partial charge in [0.2, 0.25) is 0 Å². The van der Waals surface area contributed by atoms with E-state index in [0.29, 0.717) is 18.6 Å². The number of halogens is 2. The van der Waals surface area contributed by atoms with Crippen molar-refractivity contribution in [2.45, 2.75) is 97.2 Å². The average molecular weight is 579 g/mol. The molecular weight excluding hydrogens is 536 g/mol. The van der Waals surface area contributed by atoms with Gasteiger partial charge in [-0.1, -0.05) is 52.8 Å². The molecule has 0 fully saturated rings. The highest BCUT2D eigenvalue weighted by atomic mass is 79.9. The quantitative estimate of drug-likeness (QED) is 0.219. The molecule has 0 aliphatic rings. The highest BCUT2D eigenvalue weighted by Crippen LogP contribution is 2.38. The van der Waals surface area contributed by atoms with E-state index in [4.69, 9.17) is 13.9 Å². The van der Waals surface area contributed by atoms with Crippen molar-refractivity contribution < 1.29 is 13.9 Å². The van der Waals surface area contributed by atoms with E-state index in [1.54, 1.807) is 7.11 Å². The van der Waals surface area contributed by atoms with E-state index in [2.05, 4.69) is 97.8 Å². The Morgan fingerprint density at radius 3 is 2.19 bits per heavy atom. The van der Waals surface area contributed by atoms with Crippen LogP contribution in [0.3, 0.4) is 0 Å². The molecule has 0 amide bonds. The summed E-state index contributed by atoms with van der Waals surface area (Å²) in [6, 6.07) is 8.10. The third-order valence-corrected chi connectivity index (χ3v) is 11.4. The maximum atomic E-state index is 6.67. The molecule has 3 atom stereocenters. The fourth-order valence-corrected chi connectivity index (χ4v) is 5.52. The van der Waals surface area contributed by atoms with Crippen molar-refractivity contribution in [2.24, 2.45) is 5.92 Å². The van der Waals surface area contributed by atoms with E-state index >= 15 is 0 Å². The standard InChI is InChI=1S/C25H42Br2O3Si/c1-9-21(30-31(7,8)25(3,4)5)11-10-12-23(19(2)17-24(26)27)29-18-20-13-15-22(28-6)16-14-20/h13-17,19,21,23H,9-12,18H2,1-8H3/t19-,21-,23-/m0/s1. The Kier molecular flexibility index (Phi) is 12.6. The van der Waals surface area contributed by atoms with Gasteiger partial charge in [-0.25, -0.2) is 0 Å². The lowest BCUT2D eigenvalue weighted by Gasteiger charge is -2.39. The van der Waals surface area contributed by atoms with Gasteiger partial charge in [-0.05, 0) is 93.4 Å². The zero-order valence-corrected chi connectivity index (χ0v) is 24.8. The van der Waals surface area contributed by atoms with Gasteiger partial charge in [0.05, 0.1) is 23.2 Å². The van der Waals surface area contributed by atoms with Crippen molar-refractivity contribution in [1.29, 1.82) is 0 Å². The molecule has 0 radical (unpaired) electrons. The lowest BCUT2D eigenvalue weighted by Crippen LogP contribution is -2.43. The van der Waals surface area contributed by atoms with Crippen LogP contribution in [0, 0.1) is 5.92 Å². The average Bonchev–Trinajstić information content (AvgIpc) is 2.68. The van der Waals surface area contributed by atoms with Gasteiger partial charge in [0.15, 0.2) is 8.32 Å². The first-order chi connectivity index (χ1) is 14.4. The number of benzene rings is 1. The van der Waals surface area contributed by atoms with Crippen LogP contribution in [0.25, 0.3) is 0 Å². The first kappa shape index (κ1) is 28.9. The number of rotatable bonds is 13. The number of hydrogen-bond acceptors (Lipinski definition) is 3. The fourth-order valence-electron chi connectivity index (χ4n) is 3.22. The molecule has 0 bridgehead atoms. The third-order valence-electron chi connectivity index (χ3n) is 6.34. The van der Waals surface area contributed by atoms with E-state index in [-0.39, 0.29) is 11.1 Å². The Labute approximate surface area is 208 Å². The fraction of sp³-hybridized carbons (Fsp3) is 0.680. The van der Waals surface area contributed by atoms with Gasteiger partial charge >= 0.3 is 0 Å². The molecule has 0 spiro atoms. The molecule has 0 aliphatic heterocycles. The summed E-state index contributed by atoms with van der Waals surface area (Å²) in [6.07, 6.45) is 6.90. The zero-order chi connectivity index (χ0) is 23.7. The van der Waals surface area contributed by atoms with Crippen molar-refractivity contribution in [1.82, 2.24) is 0 Å². The molecular formula is C25H42Br2O3Si. The zero-order valence-electron chi connectivity index (χ0n) is 20.6. The molecule has 1 aromatic carbocycles. The smallest absolute Gasteiger partial charge is 0.192 e. The minimum absolute atomic E-state index is 0.151. The van der Waals surface area contributed by atoms with Gasteiger partial charge in [-0.3, -0.25) is 0 Å². The van der Waals surface area contributed by atoms with Gasteiger partial charge in [-0.2, -0.15) is 0 Å². The maximum absolute atomic E-state index is 6.67. The second-order valence-electron chi connectivity index (χ2n) is 9.85. The molecule has 0 aromatic heterocycles. The largest absolute Gasteiger partial charge is 0.497 e. The second kappa shape index (κ2) is 13.5. The SMILES string of the molecule is CC[C@@H](CCC[C@H](OCc1ccc(OC)cc1)[C@@H](C)C=C(Br)Br)O[Si](C)(C)C(C)(C)C. The number of hydrogen-bond donors (Lipinski definition) is 0. The molecule has 0 N–H and O–H groups in total. The lowest BCUT2D eigenvalue weighted by atomic mass is 9.98. The highest BCUT2D eigenvalue weighted by Gasteiger charge is 2.38.